The molecule has 1 aliphatic carbocycles. The van der Waals surface area contributed by atoms with Crippen LogP contribution in [0.2, 0.25) is 0 Å². The second-order valence-corrected chi connectivity index (χ2v) is 7.41. The molecule has 0 bridgehead atoms. The molecule has 28 heavy (non-hydrogen) atoms. The number of benzene rings is 1. The molecule has 2 aromatic rings. The largest absolute Gasteiger partial charge is 0.482 e. The summed E-state index contributed by atoms with van der Waals surface area (Å²) in [5.74, 6) is -0.320. The molecule has 0 spiro atoms. The number of carbonyl (C=O) groups excluding carboxylic acids is 2. The van der Waals surface area contributed by atoms with Crippen molar-refractivity contribution >= 4 is 22.8 Å². The molecule has 1 heterocycles. The molecule has 1 atom stereocenters. The Balaban J connectivity index is 1.55. The smallest absolute Gasteiger partial charge is 0.344 e. The zero-order valence-corrected chi connectivity index (χ0v) is 16.4. The van der Waals surface area contributed by atoms with Gasteiger partial charge in [-0.3, -0.25) is 4.79 Å². The van der Waals surface area contributed by atoms with Gasteiger partial charge in [0.2, 0.25) is 0 Å². The van der Waals surface area contributed by atoms with Crippen molar-refractivity contribution in [1.29, 1.82) is 0 Å². The molecule has 0 saturated carbocycles. The highest BCUT2D eigenvalue weighted by atomic mass is 16.6. The van der Waals surface area contributed by atoms with Crippen molar-refractivity contribution in [2.75, 3.05) is 13.2 Å². The van der Waals surface area contributed by atoms with Gasteiger partial charge in [0.15, 0.2) is 13.2 Å². The van der Waals surface area contributed by atoms with E-state index in [1.165, 1.54) is 0 Å². The van der Waals surface area contributed by atoms with Crippen molar-refractivity contribution in [3.8, 4) is 5.75 Å². The third-order valence-corrected chi connectivity index (χ3v) is 5.05. The van der Waals surface area contributed by atoms with Crippen molar-refractivity contribution in [2.24, 2.45) is 5.92 Å². The highest BCUT2D eigenvalue weighted by Crippen LogP contribution is 2.29. The Labute approximate surface area is 163 Å². The molecular weight excluding hydrogens is 362 g/mol. The Hall–Kier alpha value is -2.83. The number of nitrogens with one attached hydrogen (secondary N) is 1. The fourth-order valence-corrected chi connectivity index (χ4v) is 3.15. The zero-order chi connectivity index (χ0) is 20.3. The number of hydrogen-bond acceptors (Lipinski definition) is 6. The molecule has 1 aliphatic rings. The maximum atomic E-state index is 12.1. The number of hydrogen-bond donors (Lipinski definition) is 1. The molecule has 0 aliphatic heterocycles. The summed E-state index contributed by atoms with van der Waals surface area (Å²) in [6.45, 7) is 5.18. The Morgan fingerprint density at radius 1 is 1.14 bits per heavy atom. The maximum Gasteiger partial charge on any atom is 0.344 e. The van der Waals surface area contributed by atoms with Crippen molar-refractivity contribution in [3.63, 3.8) is 0 Å². The van der Waals surface area contributed by atoms with E-state index in [9.17, 15) is 14.4 Å². The number of esters is 1. The summed E-state index contributed by atoms with van der Waals surface area (Å²) in [6.07, 6.45) is 2.56. The summed E-state index contributed by atoms with van der Waals surface area (Å²) in [6, 6.07) is 5.16. The van der Waals surface area contributed by atoms with Gasteiger partial charge in [-0.25, -0.2) is 9.59 Å². The first kappa shape index (κ1) is 19.9. The molecule has 7 heteroatoms. The predicted octanol–water partition coefficient (Wildman–Crippen LogP) is 2.36. The van der Waals surface area contributed by atoms with E-state index in [1.807, 2.05) is 26.8 Å². The second kappa shape index (κ2) is 8.46. The fourth-order valence-electron chi connectivity index (χ4n) is 3.15. The second-order valence-electron chi connectivity index (χ2n) is 7.41. The van der Waals surface area contributed by atoms with Gasteiger partial charge in [0.25, 0.3) is 5.91 Å². The highest BCUT2D eigenvalue weighted by Gasteiger charge is 2.20. The Morgan fingerprint density at radius 2 is 1.89 bits per heavy atom. The average molecular weight is 387 g/mol. The van der Waals surface area contributed by atoms with Crippen LogP contribution in [0, 0.1) is 5.92 Å². The van der Waals surface area contributed by atoms with Gasteiger partial charge in [-0.05, 0) is 49.8 Å². The van der Waals surface area contributed by atoms with Gasteiger partial charge in [0, 0.05) is 23.1 Å². The number of aryl methyl sites for hydroxylation is 1. The van der Waals surface area contributed by atoms with Crippen LogP contribution in [0.3, 0.4) is 0 Å². The Bertz CT molecular complexity index is 946. The van der Waals surface area contributed by atoms with Gasteiger partial charge in [0.05, 0.1) is 0 Å². The molecule has 1 aromatic carbocycles. The molecule has 150 valence electrons. The van der Waals surface area contributed by atoms with Gasteiger partial charge in [-0.2, -0.15) is 0 Å². The molecule has 0 fully saturated rings. The lowest BCUT2D eigenvalue weighted by Gasteiger charge is -2.17. The van der Waals surface area contributed by atoms with Crippen LogP contribution >= 0.6 is 0 Å². The number of carbonyl (C=O) groups is 2. The van der Waals surface area contributed by atoms with Crippen LogP contribution in [0.15, 0.2) is 27.4 Å². The minimum Gasteiger partial charge on any atom is -0.482 e. The van der Waals surface area contributed by atoms with E-state index in [0.717, 1.165) is 35.8 Å². The molecular formula is C21H25NO6. The van der Waals surface area contributed by atoms with Crippen molar-refractivity contribution in [1.82, 2.24) is 5.32 Å². The predicted molar refractivity (Wildman–Crippen MR) is 103 cm³/mol. The number of ether oxygens (including phenoxy) is 2. The normalized spacial score (nSPS) is 14.0. The van der Waals surface area contributed by atoms with Gasteiger partial charge >= 0.3 is 11.6 Å². The third kappa shape index (κ3) is 4.52. The molecule has 1 aromatic heterocycles. The summed E-state index contributed by atoms with van der Waals surface area (Å²) >= 11 is 0. The first-order valence-electron chi connectivity index (χ1n) is 9.51. The van der Waals surface area contributed by atoms with Crippen molar-refractivity contribution < 1.29 is 23.5 Å². The number of amides is 1. The van der Waals surface area contributed by atoms with E-state index in [1.54, 1.807) is 12.1 Å². The minimum atomic E-state index is -0.650. The maximum absolute atomic E-state index is 12.1. The summed E-state index contributed by atoms with van der Waals surface area (Å²) in [5, 5.41) is 3.66. The number of rotatable bonds is 7. The Morgan fingerprint density at radius 3 is 2.64 bits per heavy atom. The lowest BCUT2D eigenvalue weighted by Crippen LogP contribution is -2.39. The van der Waals surface area contributed by atoms with Gasteiger partial charge in [-0.15, -0.1) is 0 Å². The van der Waals surface area contributed by atoms with Crippen LogP contribution in [0.5, 0.6) is 5.75 Å². The minimum absolute atomic E-state index is 0.00356. The topological polar surface area (TPSA) is 94.8 Å². The van der Waals surface area contributed by atoms with Crippen LogP contribution in [0.1, 0.15) is 38.3 Å². The molecule has 1 amide bonds. The molecule has 0 saturated heterocycles. The van der Waals surface area contributed by atoms with E-state index >= 15 is 0 Å². The standard InChI is InChI=1S/C21H25NO6/c1-12(2)13(3)22-19(23)10-27-20(24)11-26-14-7-8-16-15-5-4-6-17(15)21(25)28-18(16)9-14/h7-9,12-13H,4-6,10-11H2,1-3H3,(H,22,23)/t13-/m1/s1. The van der Waals surface area contributed by atoms with Crippen molar-refractivity contribution in [2.45, 2.75) is 46.1 Å². The quantitative estimate of drug-likeness (QED) is 0.579. The molecule has 1 N–H and O–H groups in total. The van der Waals surface area contributed by atoms with Crippen molar-refractivity contribution in [3.05, 3.63) is 39.7 Å². The zero-order valence-electron chi connectivity index (χ0n) is 16.4. The van der Waals surface area contributed by atoms with E-state index in [0.29, 0.717) is 11.3 Å². The summed E-state index contributed by atoms with van der Waals surface area (Å²) < 4.78 is 15.7. The molecule has 3 rings (SSSR count). The SMILES string of the molecule is CC(C)[C@@H](C)NC(=O)COC(=O)COc1ccc2c3c(c(=O)oc2c1)CCC3. The van der Waals surface area contributed by atoms with E-state index in [2.05, 4.69) is 5.32 Å². The van der Waals surface area contributed by atoms with E-state index in [-0.39, 0.29) is 36.7 Å². The monoisotopic (exact) mass is 387 g/mol. The van der Waals surface area contributed by atoms with Crippen LogP contribution in [-0.4, -0.2) is 31.1 Å². The molecule has 0 unspecified atom stereocenters. The lowest BCUT2D eigenvalue weighted by molar-refractivity contribution is -0.150. The molecule has 0 radical (unpaired) electrons. The lowest BCUT2D eigenvalue weighted by atomic mass is 10.1. The number of fused-ring (bicyclic) bond motifs is 3. The van der Waals surface area contributed by atoms with Gasteiger partial charge in [-0.1, -0.05) is 13.8 Å². The summed E-state index contributed by atoms with van der Waals surface area (Å²) in [5.41, 5.74) is 1.94. The van der Waals surface area contributed by atoms with E-state index < -0.39 is 5.97 Å². The highest BCUT2D eigenvalue weighted by molar-refractivity contribution is 5.83. The van der Waals surface area contributed by atoms with E-state index in [4.69, 9.17) is 13.9 Å². The van der Waals surface area contributed by atoms with Crippen LogP contribution < -0.4 is 15.7 Å². The first-order valence-corrected chi connectivity index (χ1v) is 9.51. The Kier molecular flexibility index (Phi) is 6.02. The van der Waals surface area contributed by atoms with Gasteiger partial charge < -0.3 is 19.2 Å². The molecule has 7 nitrogen and oxygen atoms in total. The summed E-state index contributed by atoms with van der Waals surface area (Å²) in [4.78, 5) is 35.6. The third-order valence-electron chi connectivity index (χ3n) is 5.05. The van der Waals surface area contributed by atoms with Crippen LogP contribution in [-0.2, 0) is 27.2 Å². The van der Waals surface area contributed by atoms with Crippen LogP contribution in [0.4, 0.5) is 0 Å². The first-order chi connectivity index (χ1) is 13.3. The van der Waals surface area contributed by atoms with Crippen LogP contribution in [0.25, 0.3) is 11.0 Å². The fraction of sp³-hybridized carbons (Fsp3) is 0.476. The summed E-state index contributed by atoms with van der Waals surface area (Å²) in [7, 11) is 0. The van der Waals surface area contributed by atoms with Gasteiger partial charge in [0.1, 0.15) is 11.3 Å². The average Bonchev–Trinajstić information content (AvgIpc) is 3.15.